The van der Waals surface area contributed by atoms with Crippen molar-refractivity contribution in [2.45, 2.75) is 25.3 Å². The molecule has 1 aliphatic heterocycles. The van der Waals surface area contributed by atoms with Gasteiger partial charge in [-0.3, -0.25) is 4.79 Å². The predicted molar refractivity (Wildman–Crippen MR) is 96.0 cm³/mol. The summed E-state index contributed by atoms with van der Waals surface area (Å²) in [6.45, 7) is 4.37. The maximum absolute atomic E-state index is 12.9. The van der Waals surface area contributed by atoms with Crippen LogP contribution < -0.4 is 0 Å². The summed E-state index contributed by atoms with van der Waals surface area (Å²) in [5.41, 5.74) is 0.547. The highest BCUT2D eigenvalue weighted by atomic mass is 19.4. The molecule has 0 N–H and O–H groups in total. The van der Waals surface area contributed by atoms with Crippen LogP contribution in [0.15, 0.2) is 55.5 Å². The molecule has 0 spiro atoms. The lowest BCUT2D eigenvalue weighted by atomic mass is 9.99. The Morgan fingerprint density at radius 3 is 2.82 bits per heavy atom. The monoisotopic (exact) mass is 391 g/mol. The summed E-state index contributed by atoms with van der Waals surface area (Å²) in [6, 6.07) is 6.86. The minimum absolute atomic E-state index is 0.0235. The second kappa shape index (κ2) is 8.52. The molecule has 5 nitrogen and oxygen atoms in total. The van der Waals surface area contributed by atoms with Crippen LogP contribution in [0.25, 0.3) is 0 Å². The molecule has 3 rings (SSSR count). The number of alkyl halides is 3. The number of ether oxygens (including phenoxy) is 1. The van der Waals surface area contributed by atoms with Crippen LogP contribution in [0.5, 0.6) is 0 Å². The van der Waals surface area contributed by atoms with Crippen LogP contribution in [0.1, 0.15) is 16.8 Å². The zero-order valence-corrected chi connectivity index (χ0v) is 15.1. The Bertz CT molecular complexity index is 827. The van der Waals surface area contributed by atoms with Gasteiger partial charge in [0.25, 0.3) is 0 Å². The van der Waals surface area contributed by atoms with Gasteiger partial charge in [-0.2, -0.15) is 13.2 Å². The van der Waals surface area contributed by atoms with Crippen molar-refractivity contribution in [1.29, 1.82) is 0 Å². The summed E-state index contributed by atoms with van der Waals surface area (Å²) < 4.78 is 44.6. The van der Waals surface area contributed by atoms with E-state index in [1.54, 1.807) is 23.2 Å². The Morgan fingerprint density at radius 2 is 2.14 bits per heavy atom. The second-order valence-corrected chi connectivity index (χ2v) is 6.66. The van der Waals surface area contributed by atoms with Crippen LogP contribution in [0.2, 0.25) is 0 Å². The Hall–Kier alpha value is -2.74. The quantitative estimate of drug-likeness (QED) is 0.710. The van der Waals surface area contributed by atoms with E-state index in [0.29, 0.717) is 25.1 Å². The lowest BCUT2D eigenvalue weighted by molar-refractivity contribution is -0.137. The summed E-state index contributed by atoms with van der Waals surface area (Å²) in [5.74, 6) is -0.220. The minimum Gasteiger partial charge on any atom is -0.371 e. The first-order valence-corrected chi connectivity index (χ1v) is 8.81. The fourth-order valence-corrected chi connectivity index (χ4v) is 3.28. The van der Waals surface area contributed by atoms with Crippen molar-refractivity contribution in [2.75, 3.05) is 13.1 Å². The summed E-state index contributed by atoms with van der Waals surface area (Å²) >= 11 is 0. The molecule has 8 heteroatoms. The van der Waals surface area contributed by atoms with E-state index < -0.39 is 11.7 Å². The third kappa shape index (κ3) is 4.95. The number of carbonyl (C=O) groups excluding carboxylic acids is 1. The molecule has 0 saturated carbocycles. The van der Waals surface area contributed by atoms with Crippen molar-refractivity contribution in [1.82, 2.24) is 14.9 Å². The van der Waals surface area contributed by atoms with Crippen LogP contribution in [-0.2, 0) is 28.7 Å². The van der Waals surface area contributed by atoms with Gasteiger partial charge in [0.2, 0.25) is 5.91 Å². The molecule has 0 aliphatic carbocycles. The van der Waals surface area contributed by atoms with Crippen LogP contribution in [-0.4, -0.2) is 40.0 Å². The lowest BCUT2D eigenvalue weighted by Gasteiger charge is -2.19. The zero-order valence-electron chi connectivity index (χ0n) is 15.1. The molecular formula is C20H20F3N3O2. The van der Waals surface area contributed by atoms with Gasteiger partial charge >= 0.3 is 6.18 Å². The molecule has 148 valence electrons. The van der Waals surface area contributed by atoms with Gasteiger partial charge in [-0.1, -0.05) is 18.7 Å². The number of nitrogens with zero attached hydrogens (tertiary/aromatic N) is 3. The number of hydrogen-bond donors (Lipinski definition) is 0. The fraction of sp³-hybridized carbons (Fsp3) is 0.350. The number of amides is 1. The average molecular weight is 391 g/mol. The number of hydrogen-bond acceptors (Lipinski definition) is 4. The van der Waals surface area contributed by atoms with E-state index in [-0.39, 0.29) is 24.5 Å². The van der Waals surface area contributed by atoms with E-state index in [0.717, 1.165) is 17.8 Å². The second-order valence-electron chi connectivity index (χ2n) is 6.66. The minimum atomic E-state index is -4.40. The number of halogens is 3. The Morgan fingerprint density at radius 1 is 1.32 bits per heavy atom. The van der Waals surface area contributed by atoms with Gasteiger partial charge in [-0.05, 0) is 36.3 Å². The Kier molecular flexibility index (Phi) is 6.08. The number of likely N-dealkylation sites (tertiary alicyclic amines) is 1. The topological polar surface area (TPSA) is 55.3 Å². The van der Waals surface area contributed by atoms with Gasteiger partial charge < -0.3 is 9.64 Å². The number of benzene rings is 1. The van der Waals surface area contributed by atoms with Crippen molar-refractivity contribution in [3.63, 3.8) is 0 Å². The van der Waals surface area contributed by atoms with Crippen LogP contribution in [0.3, 0.4) is 0 Å². The number of rotatable bonds is 6. The molecule has 0 radical (unpaired) electrons. The molecular weight excluding hydrogens is 371 g/mol. The maximum atomic E-state index is 12.9. The molecule has 2 aromatic rings. The highest BCUT2D eigenvalue weighted by molar-refractivity contribution is 5.87. The third-order valence-corrected chi connectivity index (χ3v) is 4.70. The first kappa shape index (κ1) is 20.0. The molecule has 1 aromatic heterocycles. The molecule has 1 aromatic carbocycles. The standard InChI is InChI=1S/C20H20F3N3O2/c1-2-19(27)26-10-15(9-17-6-7-24-13-25-17)18(11-26)28-12-14-4-3-5-16(8-14)20(21,22)23/h2-8,13,15,18H,1,9-12H2/t15-,18-/m1/s1. The maximum Gasteiger partial charge on any atom is 0.416 e. The fourth-order valence-electron chi connectivity index (χ4n) is 3.28. The summed E-state index contributed by atoms with van der Waals surface area (Å²) in [7, 11) is 0. The molecule has 28 heavy (non-hydrogen) atoms. The first-order chi connectivity index (χ1) is 13.4. The van der Waals surface area contributed by atoms with E-state index in [9.17, 15) is 18.0 Å². The van der Waals surface area contributed by atoms with Gasteiger partial charge in [0.15, 0.2) is 0 Å². The molecule has 0 bridgehead atoms. The van der Waals surface area contributed by atoms with Crippen molar-refractivity contribution in [3.05, 3.63) is 72.3 Å². The van der Waals surface area contributed by atoms with Crippen molar-refractivity contribution >= 4 is 5.91 Å². The van der Waals surface area contributed by atoms with Crippen molar-refractivity contribution in [2.24, 2.45) is 5.92 Å². The molecule has 1 saturated heterocycles. The normalized spacial score (nSPS) is 19.6. The Balaban J connectivity index is 1.70. The summed E-state index contributed by atoms with van der Waals surface area (Å²) in [5, 5.41) is 0. The highest BCUT2D eigenvalue weighted by Gasteiger charge is 2.36. The van der Waals surface area contributed by atoms with Gasteiger partial charge in [0.1, 0.15) is 6.33 Å². The van der Waals surface area contributed by atoms with Gasteiger partial charge in [0.05, 0.1) is 18.3 Å². The van der Waals surface area contributed by atoms with E-state index in [1.165, 1.54) is 18.5 Å². The third-order valence-electron chi connectivity index (χ3n) is 4.70. The van der Waals surface area contributed by atoms with Crippen molar-refractivity contribution < 1.29 is 22.7 Å². The molecule has 2 atom stereocenters. The van der Waals surface area contributed by atoms with Gasteiger partial charge in [-0.15, -0.1) is 0 Å². The molecule has 1 fully saturated rings. The summed E-state index contributed by atoms with van der Waals surface area (Å²) in [4.78, 5) is 21.7. The van der Waals surface area contributed by atoms with E-state index in [4.69, 9.17) is 4.74 Å². The number of aromatic nitrogens is 2. The van der Waals surface area contributed by atoms with E-state index in [2.05, 4.69) is 16.5 Å². The van der Waals surface area contributed by atoms with Crippen LogP contribution >= 0.6 is 0 Å². The number of carbonyl (C=O) groups is 1. The Labute approximate surface area is 160 Å². The predicted octanol–water partition coefficient (Wildman–Crippen LogP) is 3.27. The molecule has 1 aliphatic rings. The van der Waals surface area contributed by atoms with Gasteiger partial charge in [0, 0.05) is 30.9 Å². The zero-order chi connectivity index (χ0) is 20.1. The SMILES string of the molecule is C=CC(=O)N1C[C@@H](Cc2ccncn2)[C@H](OCc2cccc(C(F)(F)F)c2)C1. The van der Waals surface area contributed by atoms with Gasteiger partial charge in [-0.25, -0.2) is 9.97 Å². The molecule has 2 heterocycles. The first-order valence-electron chi connectivity index (χ1n) is 8.81. The smallest absolute Gasteiger partial charge is 0.371 e. The van der Waals surface area contributed by atoms with Crippen LogP contribution in [0, 0.1) is 5.92 Å². The molecule has 1 amide bonds. The van der Waals surface area contributed by atoms with E-state index in [1.807, 2.05) is 0 Å². The van der Waals surface area contributed by atoms with E-state index >= 15 is 0 Å². The average Bonchev–Trinajstić information content (AvgIpc) is 3.09. The molecule has 0 unspecified atom stereocenters. The lowest BCUT2D eigenvalue weighted by Crippen LogP contribution is -2.28. The van der Waals surface area contributed by atoms with Crippen molar-refractivity contribution in [3.8, 4) is 0 Å². The van der Waals surface area contributed by atoms with Crippen LogP contribution in [0.4, 0.5) is 13.2 Å². The largest absolute Gasteiger partial charge is 0.416 e. The highest BCUT2D eigenvalue weighted by Crippen LogP contribution is 2.30. The summed E-state index contributed by atoms with van der Waals surface area (Å²) in [6.07, 6.45) is 0.214.